The molecular formula is C43H60B2N4O6S+2. The van der Waals surface area contributed by atoms with Crippen molar-refractivity contribution in [3.8, 4) is 11.1 Å². The number of carbonyl (C=O) groups excluding carboxylic acids is 2. The smallest absolute Gasteiger partial charge is 0.423 e. The Kier molecular flexibility index (Phi) is 20.2. The van der Waals surface area contributed by atoms with Crippen molar-refractivity contribution in [2.24, 2.45) is 0 Å². The van der Waals surface area contributed by atoms with Crippen molar-refractivity contribution in [2.75, 3.05) is 18.8 Å². The van der Waals surface area contributed by atoms with Gasteiger partial charge in [-0.05, 0) is 41.7 Å². The quantitative estimate of drug-likeness (QED) is 0.0224. The zero-order valence-corrected chi connectivity index (χ0v) is 33.6. The summed E-state index contributed by atoms with van der Waals surface area (Å²) in [4.78, 5) is 26.0. The normalized spacial score (nSPS) is 11.0. The van der Waals surface area contributed by atoms with Gasteiger partial charge in [0, 0.05) is 36.7 Å². The molecule has 0 radical (unpaired) electrons. The van der Waals surface area contributed by atoms with Gasteiger partial charge in [0.25, 0.3) is 5.91 Å². The van der Waals surface area contributed by atoms with Crippen LogP contribution in [0.1, 0.15) is 111 Å². The minimum Gasteiger partial charge on any atom is -0.423 e. The van der Waals surface area contributed by atoms with E-state index in [4.69, 9.17) is 0 Å². The summed E-state index contributed by atoms with van der Waals surface area (Å²) in [5.41, 5.74) is 4.24. The third-order valence-electron chi connectivity index (χ3n) is 10.0. The van der Waals surface area contributed by atoms with E-state index in [0.717, 1.165) is 41.7 Å². The molecule has 2 heterocycles. The standard InChI is InChI=1S/C43H58B2N4O6S/c50-42(24-12-10-8-6-4-2-1-3-5-7-9-11-17-28-56)46-25-26-47-43(51)39-29-38(33-49(34-39)32-37-20-14-16-23-41(37)45(54)55)35-21-18-27-48(30-35)31-36-19-13-15-22-40(36)44(52)53/h13-16,18-23,27,29-30,33-34,52-55H,1-12,17,24-26,28,31-32H2,(H-2,46,47,50,51,56)/p+2. The van der Waals surface area contributed by atoms with Crippen molar-refractivity contribution in [1.29, 1.82) is 0 Å². The van der Waals surface area contributed by atoms with Gasteiger partial charge < -0.3 is 30.7 Å². The molecule has 0 atom stereocenters. The molecule has 13 heteroatoms. The van der Waals surface area contributed by atoms with Crippen LogP contribution in [0.4, 0.5) is 0 Å². The average molecular weight is 783 g/mol. The number of benzene rings is 2. The van der Waals surface area contributed by atoms with E-state index in [9.17, 15) is 29.7 Å². The maximum atomic E-state index is 13.5. The van der Waals surface area contributed by atoms with Gasteiger partial charge in [-0.3, -0.25) is 9.59 Å². The Morgan fingerprint density at radius 3 is 1.64 bits per heavy atom. The lowest BCUT2D eigenvalue weighted by atomic mass is 9.77. The minimum absolute atomic E-state index is 0.00769. The highest BCUT2D eigenvalue weighted by Gasteiger charge is 2.22. The number of rotatable bonds is 26. The van der Waals surface area contributed by atoms with Crippen molar-refractivity contribution in [3.05, 3.63) is 108 Å². The second kappa shape index (κ2) is 25.3. The number of aromatic nitrogens is 2. The maximum Gasteiger partial charge on any atom is 0.488 e. The van der Waals surface area contributed by atoms with E-state index in [1.54, 1.807) is 36.5 Å². The van der Waals surface area contributed by atoms with Crippen molar-refractivity contribution >= 4 is 49.6 Å². The van der Waals surface area contributed by atoms with E-state index < -0.39 is 14.2 Å². The molecule has 6 N–H and O–H groups in total. The summed E-state index contributed by atoms with van der Waals surface area (Å²) < 4.78 is 3.78. The zero-order chi connectivity index (χ0) is 40.0. The first-order valence-electron chi connectivity index (χ1n) is 20.3. The van der Waals surface area contributed by atoms with Crippen molar-refractivity contribution in [3.63, 3.8) is 0 Å². The number of pyridine rings is 2. The summed E-state index contributed by atoms with van der Waals surface area (Å²) >= 11 is 4.27. The van der Waals surface area contributed by atoms with Crippen LogP contribution in [-0.4, -0.2) is 65.0 Å². The summed E-state index contributed by atoms with van der Waals surface area (Å²) in [7, 11) is -3.24. The van der Waals surface area contributed by atoms with Crippen molar-refractivity contribution in [2.45, 2.75) is 103 Å². The van der Waals surface area contributed by atoms with E-state index >= 15 is 0 Å². The van der Waals surface area contributed by atoms with Crippen molar-refractivity contribution in [1.82, 2.24) is 10.6 Å². The number of hydrogen-bond acceptors (Lipinski definition) is 7. The molecule has 0 saturated heterocycles. The van der Waals surface area contributed by atoms with Gasteiger partial charge in [0.1, 0.15) is 5.56 Å². The van der Waals surface area contributed by atoms with Gasteiger partial charge in [-0.1, -0.05) is 119 Å². The number of thiol groups is 1. The number of hydrogen-bond donors (Lipinski definition) is 7. The van der Waals surface area contributed by atoms with Crippen LogP contribution in [0.5, 0.6) is 0 Å². The Morgan fingerprint density at radius 2 is 1.07 bits per heavy atom. The third kappa shape index (κ3) is 15.9. The monoisotopic (exact) mass is 782 g/mol. The Balaban J connectivity index is 1.29. The van der Waals surface area contributed by atoms with E-state index in [2.05, 4.69) is 23.3 Å². The van der Waals surface area contributed by atoms with Gasteiger partial charge in [0.05, 0.1) is 11.1 Å². The topological polar surface area (TPSA) is 147 Å². The summed E-state index contributed by atoms with van der Waals surface area (Å²) in [6, 6.07) is 19.8. The van der Waals surface area contributed by atoms with Gasteiger partial charge >= 0.3 is 14.2 Å². The molecule has 0 spiro atoms. The molecule has 0 saturated carbocycles. The highest BCUT2D eigenvalue weighted by molar-refractivity contribution is 7.80. The summed E-state index contributed by atoms with van der Waals surface area (Å²) in [5, 5.41) is 45.6. The molecule has 0 aliphatic rings. The Hall–Kier alpha value is -4.00. The summed E-state index contributed by atoms with van der Waals surface area (Å²) in [6.45, 7) is 1.27. The number of unbranched alkanes of at least 4 members (excludes halogenated alkanes) is 12. The molecule has 0 aliphatic heterocycles. The Labute approximate surface area is 339 Å². The Bertz CT molecular complexity index is 1800. The molecule has 10 nitrogen and oxygen atoms in total. The molecule has 0 fully saturated rings. The van der Waals surface area contributed by atoms with Gasteiger partial charge in [-0.15, -0.1) is 0 Å². The van der Waals surface area contributed by atoms with Crippen LogP contribution in [-0.2, 0) is 17.9 Å². The summed E-state index contributed by atoms with van der Waals surface area (Å²) in [6.07, 6.45) is 24.0. The van der Waals surface area contributed by atoms with Crippen molar-refractivity contribution < 1.29 is 38.8 Å². The molecular weight excluding hydrogens is 722 g/mol. The number of nitrogens with zero attached hydrogens (tertiary/aromatic N) is 2. The first kappa shape index (κ1) is 44.7. The number of amides is 2. The molecule has 298 valence electrons. The highest BCUT2D eigenvalue weighted by atomic mass is 32.1. The molecule has 0 bridgehead atoms. The predicted molar refractivity (Wildman–Crippen MR) is 227 cm³/mol. The fourth-order valence-corrected chi connectivity index (χ4v) is 7.19. The summed E-state index contributed by atoms with van der Waals surface area (Å²) in [5.74, 6) is 0.690. The SMILES string of the molecule is O=C(CCCCCCCCCCCCCCCS)NCCNC(=O)c1cc(-c2ccc[n+](Cc3ccccc3B(O)O)c2)c[n+](Cc2ccccc2B(O)O)c1. The van der Waals surface area contributed by atoms with E-state index in [-0.39, 0.29) is 24.9 Å². The lowest BCUT2D eigenvalue weighted by Gasteiger charge is -2.10. The molecule has 4 rings (SSSR count). The molecule has 0 unspecified atom stereocenters. The number of carbonyl (C=O) groups is 2. The first-order chi connectivity index (χ1) is 27.2. The molecule has 2 amide bonds. The Morgan fingerprint density at radius 1 is 0.571 bits per heavy atom. The van der Waals surface area contributed by atoms with Gasteiger partial charge in [-0.2, -0.15) is 17.2 Å². The maximum absolute atomic E-state index is 13.5. The molecule has 2 aromatic carbocycles. The molecule has 2 aromatic heterocycles. The van der Waals surface area contributed by atoms with Crippen LogP contribution < -0.4 is 30.7 Å². The van der Waals surface area contributed by atoms with Crippen LogP contribution in [0.3, 0.4) is 0 Å². The molecule has 4 aromatic rings. The van der Waals surface area contributed by atoms with Crippen LogP contribution in [0.2, 0.25) is 0 Å². The third-order valence-corrected chi connectivity index (χ3v) is 10.4. The first-order valence-corrected chi connectivity index (χ1v) is 21.0. The highest BCUT2D eigenvalue weighted by Crippen LogP contribution is 2.18. The van der Waals surface area contributed by atoms with E-state index in [1.165, 1.54) is 64.2 Å². The van der Waals surface area contributed by atoms with Crippen LogP contribution in [0.25, 0.3) is 11.1 Å². The fourth-order valence-electron chi connectivity index (χ4n) is 6.96. The second-order valence-corrected chi connectivity index (χ2v) is 15.0. The predicted octanol–water partition coefficient (Wildman–Crippen LogP) is 3.62. The van der Waals surface area contributed by atoms with Crippen LogP contribution >= 0.6 is 12.6 Å². The van der Waals surface area contributed by atoms with Gasteiger partial charge in [0.15, 0.2) is 37.9 Å². The average Bonchev–Trinajstić information content (AvgIpc) is 3.19. The van der Waals surface area contributed by atoms with E-state index in [1.807, 2.05) is 64.1 Å². The largest absolute Gasteiger partial charge is 0.488 e. The lowest BCUT2D eigenvalue weighted by Crippen LogP contribution is -2.42. The zero-order valence-electron chi connectivity index (χ0n) is 32.7. The van der Waals surface area contributed by atoms with E-state index in [0.29, 0.717) is 41.6 Å². The fraction of sp³-hybridized carbons (Fsp3) is 0.442. The van der Waals surface area contributed by atoms with Crippen LogP contribution in [0.15, 0.2) is 91.5 Å². The molecule has 56 heavy (non-hydrogen) atoms. The molecule has 0 aliphatic carbocycles. The number of nitrogens with one attached hydrogen (secondary N) is 2. The van der Waals surface area contributed by atoms with Crippen LogP contribution in [0, 0.1) is 0 Å². The second-order valence-electron chi connectivity index (χ2n) is 14.6. The van der Waals surface area contributed by atoms with Gasteiger partial charge in [0.2, 0.25) is 5.91 Å². The van der Waals surface area contributed by atoms with Gasteiger partial charge in [-0.25, -0.2) is 4.57 Å². The minimum atomic E-state index is -1.64. The lowest BCUT2D eigenvalue weighted by molar-refractivity contribution is -0.689.